The predicted octanol–water partition coefficient (Wildman–Crippen LogP) is 0.977. The van der Waals surface area contributed by atoms with Crippen molar-refractivity contribution in [2.45, 2.75) is 19.9 Å². The van der Waals surface area contributed by atoms with E-state index in [-0.39, 0.29) is 5.91 Å². The summed E-state index contributed by atoms with van der Waals surface area (Å²) in [6.45, 7) is 7.76. The topological polar surface area (TPSA) is 97.3 Å². The van der Waals surface area contributed by atoms with Gasteiger partial charge in [0.25, 0.3) is 5.91 Å². The summed E-state index contributed by atoms with van der Waals surface area (Å²) in [5.74, 6) is 0.0868. The Morgan fingerprint density at radius 2 is 1.80 bits per heavy atom. The lowest BCUT2D eigenvalue weighted by molar-refractivity contribution is -0.120. The van der Waals surface area contributed by atoms with Gasteiger partial charge in [-0.2, -0.15) is 0 Å². The number of rotatable bonds is 7. The van der Waals surface area contributed by atoms with Crippen molar-refractivity contribution < 1.29 is 14.8 Å². The third kappa shape index (κ3) is 4.48. The molecule has 136 valence electrons. The summed E-state index contributed by atoms with van der Waals surface area (Å²) in [7, 11) is 1.87. The number of carbonyl (C=O) groups excluding carboxylic acids is 2. The van der Waals surface area contributed by atoms with Gasteiger partial charge in [-0.05, 0) is 18.7 Å². The first kappa shape index (κ1) is 18.7. The van der Waals surface area contributed by atoms with Crippen LogP contribution in [0.5, 0.6) is 0 Å². The molecule has 0 saturated carbocycles. The summed E-state index contributed by atoms with van der Waals surface area (Å²) in [6.07, 6.45) is 0. The van der Waals surface area contributed by atoms with Gasteiger partial charge in [-0.1, -0.05) is 43.3 Å². The number of amidine groups is 1. The molecule has 1 aromatic rings. The zero-order chi connectivity index (χ0) is 18.4. The lowest BCUT2D eigenvalue weighted by atomic mass is 10.0. The van der Waals surface area contributed by atoms with Crippen LogP contribution in [0.4, 0.5) is 4.79 Å². The Hall–Kier alpha value is -2.61. The number of nitrogens with zero attached hydrogens (tertiary/aromatic N) is 3. The van der Waals surface area contributed by atoms with E-state index in [4.69, 9.17) is 0 Å². The van der Waals surface area contributed by atoms with E-state index in [0.29, 0.717) is 11.4 Å². The van der Waals surface area contributed by atoms with E-state index in [1.54, 1.807) is 24.3 Å². The molecule has 1 aliphatic heterocycles. The summed E-state index contributed by atoms with van der Waals surface area (Å²) < 4.78 is 0. The van der Waals surface area contributed by atoms with Gasteiger partial charge in [-0.3, -0.25) is 10.1 Å². The molecule has 1 fully saturated rings. The van der Waals surface area contributed by atoms with Crippen LogP contribution < -0.4 is 10.6 Å². The van der Waals surface area contributed by atoms with Crippen LogP contribution in [0.2, 0.25) is 0 Å². The van der Waals surface area contributed by atoms with Crippen molar-refractivity contribution in [1.82, 2.24) is 20.4 Å². The molecule has 25 heavy (non-hydrogen) atoms. The highest BCUT2D eigenvalue weighted by atomic mass is 16.4. The van der Waals surface area contributed by atoms with Crippen LogP contribution in [0.3, 0.4) is 0 Å². The maximum atomic E-state index is 11.7. The normalized spacial score (nSPS) is 17.6. The van der Waals surface area contributed by atoms with Gasteiger partial charge in [0.1, 0.15) is 6.04 Å². The number of urea groups is 1. The summed E-state index contributed by atoms with van der Waals surface area (Å²) in [5.41, 5.74) is 1.41. The molecule has 1 heterocycles. The maximum Gasteiger partial charge on any atom is 0.322 e. The summed E-state index contributed by atoms with van der Waals surface area (Å²) in [6, 6.07) is 5.86. The zero-order valence-corrected chi connectivity index (χ0v) is 14.8. The van der Waals surface area contributed by atoms with Gasteiger partial charge in [0.05, 0.1) is 0 Å². The van der Waals surface area contributed by atoms with Gasteiger partial charge in [0.15, 0.2) is 5.84 Å². The van der Waals surface area contributed by atoms with Gasteiger partial charge in [-0.25, -0.2) is 4.79 Å². The summed E-state index contributed by atoms with van der Waals surface area (Å²) >= 11 is 0. The minimum Gasteiger partial charge on any atom is -0.409 e. The first-order valence-corrected chi connectivity index (χ1v) is 8.37. The Balaban J connectivity index is 2.06. The SMILES string of the molecule is CCN(CC)CCN(C)/C(=N\O)c1ccc(C2NC(=O)NC2=O)cc1. The molecule has 0 spiro atoms. The molecule has 2 rings (SSSR count). The number of carbonyl (C=O) groups is 2. The molecule has 0 aromatic heterocycles. The molecule has 0 aliphatic carbocycles. The van der Waals surface area contributed by atoms with Crippen LogP contribution in [0.25, 0.3) is 0 Å². The highest BCUT2D eigenvalue weighted by molar-refractivity contribution is 6.04. The number of benzene rings is 1. The molecule has 1 aliphatic rings. The van der Waals surface area contributed by atoms with Gasteiger partial charge < -0.3 is 20.3 Å². The van der Waals surface area contributed by atoms with E-state index >= 15 is 0 Å². The van der Waals surface area contributed by atoms with Crippen molar-refractivity contribution in [2.24, 2.45) is 5.16 Å². The molecule has 3 amide bonds. The fourth-order valence-corrected chi connectivity index (χ4v) is 2.77. The van der Waals surface area contributed by atoms with Gasteiger partial charge in [-0.15, -0.1) is 0 Å². The number of likely N-dealkylation sites (N-methyl/N-ethyl adjacent to an activating group) is 2. The first-order valence-electron chi connectivity index (χ1n) is 8.37. The highest BCUT2D eigenvalue weighted by Crippen LogP contribution is 2.18. The molecular weight excluding hydrogens is 322 g/mol. The largest absolute Gasteiger partial charge is 0.409 e. The van der Waals surface area contributed by atoms with Crippen LogP contribution in [0.15, 0.2) is 29.4 Å². The molecular formula is C17H25N5O3. The van der Waals surface area contributed by atoms with E-state index in [9.17, 15) is 14.8 Å². The van der Waals surface area contributed by atoms with E-state index in [1.807, 2.05) is 11.9 Å². The fourth-order valence-electron chi connectivity index (χ4n) is 2.77. The number of oxime groups is 1. The number of amides is 3. The molecule has 8 nitrogen and oxygen atoms in total. The van der Waals surface area contributed by atoms with E-state index in [0.717, 1.165) is 31.7 Å². The Bertz CT molecular complexity index is 640. The van der Waals surface area contributed by atoms with Gasteiger partial charge in [0, 0.05) is 25.7 Å². The van der Waals surface area contributed by atoms with Crippen molar-refractivity contribution in [2.75, 3.05) is 33.2 Å². The van der Waals surface area contributed by atoms with Crippen molar-refractivity contribution in [3.05, 3.63) is 35.4 Å². The Morgan fingerprint density at radius 3 is 2.28 bits per heavy atom. The third-order valence-corrected chi connectivity index (χ3v) is 4.38. The second kappa shape index (κ2) is 8.48. The Morgan fingerprint density at radius 1 is 1.16 bits per heavy atom. The van der Waals surface area contributed by atoms with Crippen molar-refractivity contribution in [1.29, 1.82) is 0 Å². The third-order valence-electron chi connectivity index (χ3n) is 4.38. The van der Waals surface area contributed by atoms with Crippen molar-refractivity contribution >= 4 is 17.8 Å². The molecule has 8 heteroatoms. The minimum absolute atomic E-state index is 0.370. The average molecular weight is 347 g/mol. The van der Waals surface area contributed by atoms with E-state index < -0.39 is 12.1 Å². The summed E-state index contributed by atoms with van der Waals surface area (Å²) in [5, 5.41) is 17.6. The molecule has 1 unspecified atom stereocenters. The van der Waals surface area contributed by atoms with Crippen molar-refractivity contribution in [3.63, 3.8) is 0 Å². The maximum absolute atomic E-state index is 11.7. The fraction of sp³-hybridized carbons (Fsp3) is 0.471. The predicted molar refractivity (Wildman–Crippen MR) is 94.6 cm³/mol. The second-order valence-electron chi connectivity index (χ2n) is 5.89. The lowest BCUT2D eigenvalue weighted by Crippen LogP contribution is -2.36. The first-order chi connectivity index (χ1) is 12.0. The van der Waals surface area contributed by atoms with E-state index in [2.05, 4.69) is 34.5 Å². The number of hydrogen-bond acceptors (Lipinski definition) is 5. The molecule has 1 saturated heterocycles. The van der Waals surface area contributed by atoms with Gasteiger partial charge >= 0.3 is 6.03 Å². The molecule has 0 bridgehead atoms. The van der Waals surface area contributed by atoms with Crippen molar-refractivity contribution in [3.8, 4) is 0 Å². The molecule has 1 aromatic carbocycles. The average Bonchev–Trinajstić information content (AvgIpc) is 2.95. The lowest BCUT2D eigenvalue weighted by Gasteiger charge is -2.25. The van der Waals surface area contributed by atoms with Crippen LogP contribution in [0, 0.1) is 0 Å². The van der Waals surface area contributed by atoms with Crippen LogP contribution in [-0.4, -0.2) is 66.0 Å². The number of nitrogens with one attached hydrogen (secondary N) is 2. The van der Waals surface area contributed by atoms with Crippen LogP contribution >= 0.6 is 0 Å². The van der Waals surface area contributed by atoms with Crippen LogP contribution in [0.1, 0.15) is 31.0 Å². The standard InChI is InChI=1S/C17H25N5O3/c1-4-22(5-2)11-10-21(3)15(20-25)13-8-6-12(7-9-13)14-16(23)19-17(24)18-14/h6-9,14,25H,4-5,10-11H2,1-3H3,(H2,18,19,23,24)/b20-15-. The molecule has 0 radical (unpaired) electrons. The Labute approximate surface area is 147 Å². The quantitative estimate of drug-likeness (QED) is 0.225. The second-order valence-corrected chi connectivity index (χ2v) is 5.89. The summed E-state index contributed by atoms with van der Waals surface area (Å²) in [4.78, 5) is 27.1. The zero-order valence-electron chi connectivity index (χ0n) is 14.8. The molecule has 3 N–H and O–H groups in total. The minimum atomic E-state index is -0.684. The number of imide groups is 1. The van der Waals surface area contributed by atoms with E-state index in [1.165, 1.54) is 0 Å². The monoisotopic (exact) mass is 347 g/mol. The number of hydrogen-bond donors (Lipinski definition) is 3. The van der Waals surface area contributed by atoms with Crippen LogP contribution in [-0.2, 0) is 4.79 Å². The Kier molecular flexibility index (Phi) is 6.35. The van der Waals surface area contributed by atoms with Gasteiger partial charge in [0.2, 0.25) is 0 Å². The smallest absolute Gasteiger partial charge is 0.322 e. The highest BCUT2D eigenvalue weighted by Gasteiger charge is 2.30. The molecule has 1 atom stereocenters.